The van der Waals surface area contributed by atoms with E-state index in [9.17, 15) is 4.79 Å². The zero-order valence-corrected chi connectivity index (χ0v) is 11.2. The maximum absolute atomic E-state index is 11.7. The van der Waals surface area contributed by atoms with Crippen LogP contribution in [0.25, 0.3) is 6.08 Å². The van der Waals surface area contributed by atoms with Crippen molar-refractivity contribution >= 4 is 29.4 Å². The van der Waals surface area contributed by atoms with Gasteiger partial charge in [-0.3, -0.25) is 4.79 Å². The largest absolute Gasteiger partial charge is 0.307 e. The predicted octanol–water partition coefficient (Wildman–Crippen LogP) is 3.70. The number of aromatic nitrogens is 1. The zero-order valence-electron chi connectivity index (χ0n) is 10.4. The van der Waals surface area contributed by atoms with Crippen LogP contribution in [0.4, 0.5) is 5.82 Å². The third-order valence-electron chi connectivity index (χ3n) is 2.42. The van der Waals surface area contributed by atoms with E-state index >= 15 is 0 Å². The highest BCUT2D eigenvalue weighted by molar-refractivity contribution is 6.30. The quantitative estimate of drug-likeness (QED) is 0.866. The molecule has 1 N–H and O–H groups in total. The van der Waals surface area contributed by atoms with Gasteiger partial charge in [-0.15, -0.1) is 0 Å². The molecule has 1 amide bonds. The number of amides is 1. The molecule has 0 aliphatic carbocycles. The summed E-state index contributed by atoms with van der Waals surface area (Å²) in [6.45, 7) is 1.87. The van der Waals surface area contributed by atoms with Crippen LogP contribution < -0.4 is 5.32 Å². The van der Waals surface area contributed by atoms with Gasteiger partial charge in [0, 0.05) is 16.8 Å². The van der Waals surface area contributed by atoms with Gasteiger partial charge in [0.05, 0.1) is 0 Å². The standard InChI is InChI=1S/C15H13ClN2O/c1-11-4-2-7-14(17-11)18-15(19)9-8-12-5-3-6-13(16)10-12/h2-10H,1H3,(H,17,18,19)/b9-8+. The Hall–Kier alpha value is -2.13. The minimum Gasteiger partial charge on any atom is -0.307 e. The molecule has 1 aromatic carbocycles. The van der Waals surface area contributed by atoms with E-state index in [1.165, 1.54) is 6.08 Å². The normalized spacial score (nSPS) is 10.6. The van der Waals surface area contributed by atoms with Crippen LogP contribution in [0.15, 0.2) is 48.5 Å². The first kappa shape index (κ1) is 13.3. The van der Waals surface area contributed by atoms with Gasteiger partial charge >= 0.3 is 0 Å². The number of carbonyl (C=O) groups is 1. The monoisotopic (exact) mass is 272 g/mol. The number of halogens is 1. The fraction of sp³-hybridized carbons (Fsp3) is 0.0667. The molecular weight excluding hydrogens is 260 g/mol. The van der Waals surface area contributed by atoms with Gasteiger partial charge in [0.25, 0.3) is 0 Å². The van der Waals surface area contributed by atoms with Crippen molar-refractivity contribution in [3.63, 3.8) is 0 Å². The summed E-state index contributed by atoms with van der Waals surface area (Å²) >= 11 is 5.86. The molecule has 96 valence electrons. The van der Waals surface area contributed by atoms with E-state index in [0.29, 0.717) is 10.8 Å². The molecule has 3 nitrogen and oxygen atoms in total. The summed E-state index contributed by atoms with van der Waals surface area (Å²) in [5, 5.41) is 3.34. The Balaban J connectivity index is 2.01. The molecule has 0 bridgehead atoms. The summed E-state index contributed by atoms with van der Waals surface area (Å²) in [7, 11) is 0. The summed E-state index contributed by atoms with van der Waals surface area (Å²) in [4.78, 5) is 15.9. The molecule has 4 heteroatoms. The van der Waals surface area contributed by atoms with Crippen LogP contribution in [0.2, 0.25) is 5.02 Å². The fourth-order valence-corrected chi connectivity index (χ4v) is 1.76. The number of benzene rings is 1. The maximum atomic E-state index is 11.7. The number of anilines is 1. The van der Waals surface area contributed by atoms with E-state index in [0.717, 1.165) is 11.3 Å². The Morgan fingerprint density at radius 3 is 2.79 bits per heavy atom. The van der Waals surface area contributed by atoms with Gasteiger partial charge in [0.1, 0.15) is 5.82 Å². The highest BCUT2D eigenvalue weighted by Crippen LogP contribution is 2.12. The minimum absolute atomic E-state index is 0.224. The van der Waals surface area contributed by atoms with Gasteiger partial charge in [-0.05, 0) is 42.8 Å². The highest BCUT2D eigenvalue weighted by atomic mass is 35.5. The first-order valence-corrected chi connectivity index (χ1v) is 6.19. The Morgan fingerprint density at radius 2 is 2.05 bits per heavy atom. The van der Waals surface area contributed by atoms with E-state index in [4.69, 9.17) is 11.6 Å². The minimum atomic E-state index is -0.224. The molecule has 1 aromatic heterocycles. The van der Waals surface area contributed by atoms with Crippen molar-refractivity contribution in [1.29, 1.82) is 0 Å². The van der Waals surface area contributed by atoms with Crippen LogP contribution in [0.5, 0.6) is 0 Å². The molecule has 0 saturated carbocycles. The van der Waals surface area contributed by atoms with Crippen LogP contribution in [-0.4, -0.2) is 10.9 Å². The molecule has 1 heterocycles. The van der Waals surface area contributed by atoms with Crippen molar-refractivity contribution in [3.8, 4) is 0 Å². The van der Waals surface area contributed by atoms with Gasteiger partial charge in [-0.1, -0.05) is 29.8 Å². The second kappa shape index (κ2) is 6.16. The third kappa shape index (κ3) is 4.23. The van der Waals surface area contributed by atoms with Crippen LogP contribution in [0.3, 0.4) is 0 Å². The van der Waals surface area contributed by atoms with Gasteiger partial charge in [-0.25, -0.2) is 4.98 Å². The summed E-state index contributed by atoms with van der Waals surface area (Å²) in [6, 6.07) is 12.8. The van der Waals surface area contributed by atoms with Gasteiger partial charge in [-0.2, -0.15) is 0 Å². The number of nitrogens with zero attached hydrogens (tertiary/aromatic N) is 1. The van der Waals surface area contributed by atoms with Crippen molar-refractivity contribution in [2.75, 3.05) is 5.32 Å². The molecule has 0 saturated heterocycles. The molecule has 2 aromatic rings. The molecule has 0 radical (unpaired) electrons. The molecule has 0 unspecified atom stereocenters. The van der Waals surface area contributed by atoms with E-state index in [1.54, 1.807) is 24.3 Å². The van der Waals surface area contributed by atoms with Crippen molar-refractivity contribution < 1.29 is 4.79 Å². The smallest absolute Gasteiger partial charge is 0.249 e. The molecule has 0 aliphatic rings. The van der Waals surface area contributed by atoms with Crippen LogP contribution >= 0.6 is 11.6 Å². The highest BCUT2D eigenvalue weighted by Gasteiger charge is 1.99. The van der Waals surface area contributed by atoms with E-state index in [-0.39, 0.29) is 5.91 Å². The van der Waals surface area contributed by atoms with Crippen LogP contribution in [0.1, 0.15) is 11.3 Å². The summed E-state index contributed by atoms with van der Waals surface area (Å²) in [5.41, 5.74) is 1.73. The topological polar surface area (TPSA) is 42.0 Å². The van der Waals surface area contributed by atoms with Crippen molar-refractivity contribution in [1.82, 2.24) is 4.98 Å². The molecular formula is C15H13ClN2O. The summed E-state index contributed by atoms with van der Waals surface area (Å²) in [6.07, 6.45) is 3.16. The number of carbonyl (C=O) groups excluding carboxylic acids is 1. The number of pyridine rings is 1. The zero-order chi connectivity index (χ0) is 13.7. The van der Waals surface area contributed by atoms with E-state index in [2.05, 4.69) is 10.3 Å². The number of nitrogens with one attached hydrogen (secondary N) is 1. The molecule has 0 aliphatic heterocycles. The second-order valence-electron chi connectivity index (χ2n) is 4.04. The van der Waals surface area contributed by atoms with Crippen LogP contribution in [-0.2, 0) is 4.79 Å². The van der Waals surface area contributed by atoms with Crippen molar-refractivity contribution in [2.45, 2.75) is 6.92 Å². The lowest BCUT2D eigenvalue weighted by molar-refractivity contribution is -0.111. The molecule has 0 fully saturated rings. The average molecular weight is 273 g/mol. The van der Waals surface area contributed by atoms with E-state index < -0.39 is 0 Å². The first-order valence-electron chi connectivity index (χ1n) is 5.82. The van der Waals surface area contributed by atoms with Crippen molar-refractivity contribution in [2.24, 2.45) is 0 Å². The Morgan fingerprint density at radius 1 is 1.26 bits per heavy atom. The number of aryl methyl sites for hydroxylation is 1. The lowest BCUT2D eigenvalue weighted by Gasteiger charge is -2.01. The molecule has 2 rings (SSSR count). The van der Waals surface area contributed by atoms with E-state index in [1.807, 2.05) is 31.2 Å². The van der Waals surface area contributed by atoms with Crippen LogP contribution in [0, 0.1) is 6.92 Å². The lowest BCUT2D eigenvalue weighted by atomic mass is 10.2. The lowest BCUT2D eigenvalue weighted by Crippen LogP contribution is -2.09. The Bertz CT molecular complexity index is 623. The second-order valence-corrected chi connectivity index (χ2v) is 4.48. The summed E-state index contributed by atoms with van der Waals surface area (Å²) < 4.78 is 0. The molecule has 19 heavy (non-hydrogen) atoms. The van der Waals surface area contributed by atoms with Gasteiger partial charge in [0.15, 0.2) is 0 Å². The fourth-order valence-electron chi connectivity index (χ4n) is 1.56. The van der Waals surface area contributed by atoms with Gasteiger partial charge in [0.2, 0.25) is 5.91 Å². The molecule has 0 atom stereocenters. The maximum Gasteiger partial charge on any atom is 0.249 e. The average Bonchev–Trinajstić information content (AvgIpc) is 2.36. The summed E-state index contributed by atoms with van der Waals surface area (Å²) in [5.74, 6) is 0.318. The van der Waals surface area contributed by atoms with Crippen molar-refractivity contribution in [3.05, 3.63) is 64.8 Å². The third-order valence-corrected chi connectivity index (χ3v) is 2.65. The van der Waals surface area contributed by atoms with Gasteiger partial charge < -0.3 is 5.32 Å². The number of hydrogen-bond acceptors (Lipinski definition) is 2. The Labute approximate surface area is 116 Å². The molecule has 0 spiro atoms. The first-order chi connectivity index (χ1) is 9.13. The Kier molecular flexibility index (Phi) is 4.31. The predicted molar refractivity (Wildman–Crippen MR) is 78.1 cm³/mol. The SMILES string of the molecule is Cc1cccc(NC(=O)/C=C/c2cccc(Cl)c2)n1. The number of rotatable bonds is 3. The number of hydrogen-bond donors (Lipinski definition) is 1.